The first kappa shape index (κ1) is 33.9. The quantitative estimate of drug-likeness (QED) is 0.176. The lowest BCUT2D eigenvalue weighted by Crippen LogP contribution is -2.43. The van der Waals surface area contributed by atoms with Gasteiger partial charge in [-0.3, -0.25) is 18.7 Å². The maximum atomic E-state index is 11.8. The van der Waals surface area contributed by atoms with Gasteiger partial charge in [-0.05, 0) is 67.6 Å². The zero-order valence-corrected chi connectivity index (χ0v) is 26.0. The van der Waals surface area contributed by atoms with Crippen LogP contribution in [0.3, 0.4) is 0 Å². The van der Waals surface area contributed by atoms with Crippen LogP contribution in [0.2, 0.25) is 0 Å². The van der Waals surface area contributed by atoms with Crippen LogP contribution in [0.1, 0.15) is 54.4 Å². The molecule has 6 rings (SSSR count). The van der Waals surface area contributed by atoms with Crippen molar-refractivity contribution in [3.05, 3.63) is 144 Å². The van der Waals surface area contributed by atoms with Crippen LogP contribution in [0.15, 0.2) is 127 Å². The molecule has 0 amide bonds. The number of hydrogen-bond donors (Lipinski definition) is 2. The molecule has 3 aliphatic rings. The fourth-order valence-electron chi connectivity index (χ4n) is 6.14. The Hall–Kier alpha value is -3.99. The molecular formula is C36H39NO7S. The maximum Gasteiger partial charge on any atom is 0.394 e. The summed E-state index contributed by atoms with van der Waals surface area (Å²) in [4.78, 5) is 25.6. The number of fused-ring (bicyclic) bond motifs is 2. The molecule has 3 unspecified atom stereocenters. The van der Waals surface area contributed by atoms with E-state index in [1.54, 1.807) is 6.08 Å². The third-order valence-corrected chi connectivity index (χ3v) is 8.30. The Labute approximate surface area is 265 Å². The van der Waals surface area contributed by atoms with Gasteiger partial charge in [0.2, 0.25) is 0 Å². The third-order valence-electron chi connectivity index (χ3n) is 8.30. The third kappa shape index (κ3) is 10.0. The summed E-state index contributed by atoms with van der Waals surface area (Å²) in [5.41, 5.74) is 3.96. The molecular weight excluding hydrogens is 590 g/mol. The summed E-state index contributed by atoms with van der Waals surface area (Å²) >= 11 is 0. The monoisotopic (exact) mass is 629 g/mol. The van der Waals surface area contributed by atoms with Gasteiger partial charge in [0.15, 0.2) is 11.6 Å². The van der Waals surface area contributed by atoms with Crippen molar-refractivity contribution in [2.75, 3.05) is 7.05 Å². The van der Waals surface area contributed by atoms with Crippen LogP contribution in [0.25, 0.3) is 0 Å². The molecule has 2 aliphatic heterocycles. The Morgan fingerprint density at radius 3 is 1.69 bits per heavy atom. The van der Waals surface area contributed by atoms with Gasteiger partial charge in [-0.15, -0.1) is 6.58 Å². The first-order valence-corrected chi connectivity index (χ1v) is 16.3. The number of rotatable bonds is 7. The molecule has 2 saturated heterocycles. The van der Waals surface area contributed by atoms with E-state index in [2.05, 4.69) is 79.2 Å². The lowest BCUT2D eigenvalue weighted by atomic mass is 9.86. The van der Waals surface area contributed by atoms with Crippen molar-refractivity contribution >= 4 is 22.0 Å². The number of nitrogens with zero attached hydrogens (tertiary/aromatic N) is 1. The lowest BCUT2D eigenvalue weighted by molar-refractivity contribution is -0.114. The van der Waals surface area contributed by atoms with E-state index in [1.165, 1.54) is 55.0 Å². The van der Waals surface area contributed by atoms with Crippen molar-refractivity contribution in [1.82, 2.24) is 4.90 Å². The van der Waals surface area contributed by atoms with Crippen LogP contribution in [-0.2, 0) is 24.7 Å². The van der Waals surface area contributed by atoms with Crippen LogP contribution in [0.4, 0.5) is 0 Å². The second-order valence-electron chi connectivity index (χ2n) is 11.3. The molecule has 2 N–H and O–H groups in total. The van der Waals surface area contributed by atoms with Crippen LogP contribution < -0.4 is 0 Å². The molecule has 0 aromatic heterocycles. The minimum atomic E-state index is -4.67. The molecule has 2 heterocycles. The molecule has 0 radical (unpaired) electrons. The van der Waals surface area contributed by atoms with E-state index in [0.717, 1.165) is 5.56 Å². The molecule has 3 aromatic rings. The van der Waals surface area contributed by atoms with Crippen molar-refractivity contribution < 1.29 is 31.8 Å². The smallest absolute Gasteiger partial charge is 0.365 e. The average molecular weight is 630 g/mol. The highest BCUT2D eigenvalue weighted by atomic mass is 32.3. The van der Waals surface area contributed by atoms with Crippen molar-refractivity contribution in [2.24, 2.45) is 0 Å². The lowest BCUT2D eigenvalue weighted by Gasteiger charge is -2.38. The van der Waals surface area contributed by atoms with Gasteiger partial charge >= 0.3 is 10.4 Å². The highest BCUT2D eigenvalue weighted by molar-refractivity contribution is 7.79. The fraction of sp³-hybridized carbons (Fsp3) is 0.278. The number of carbonyl (C=O) groups excluding carboxylic acids is 2. The Balaban J connectivity index is 0.000000185. The number of hydrogen-bond acceptors (Lipinski definition) is 6. The van der Waals surface area contributed by atoms with E-state index in [1.807, 2.05) is 30.3 Å². The van der Waals surface area contributed by atoms with Crippen molar-refractivity contribution in [1.29, 1.82) is 0 Å². The number of ether oxygens (including phenoxy) is 1. The summed E-state index contributed by atoms with van der Waals surface area (Å²) in [6.07, 6.45) is 11.1. The molecule has 2 fully saturated rings. The Morgan fingerprint density at radius 2 is 1.24 bits per heavy atom. The molecule has 0 spiro atoms. The van der Waals surface area contributed by atoms with Gasteiger partial charge in [0.05, 0.1) is 6.10 Å². The molecule has 0 saturated carbocycles. The van der Waals surface area contributed by atoms with E-state index >= 15 is 0 Å². The molecule has 236 valence electrons. The van der Waals surface area contributed by atoms with Crippen molar-refractivity contribution in [2.45, 2.75) is 55.9 Å². The predicted octanol–water partition coefficient (Wildman–Crippen LogP) is 6.36. The van der Waals surface area contributed by atoms with E-state index < -0.39 is 10.4 Å². The van der Waals surface area contributed by atoms with Gasteiger partial charge in [0.25, 0.3) is 0 Å². The molecule has 3 atom stereocenters. The predicted molar refractivity (Wildman–Crippen MR) is 174 cm³/mol. The minimum Gasteiger partial charge on any atom is -0.365 e. The number of piperidine rings is 1. The van der Waals surface area contributed by atoms with Crippen LogP contribution in [0.5, 0.6) is 0 Å². The summed E-state index contributed by atoms with van der Waals surface area (Å²) in [5.74, 6) is -0.502. The maximum absolute atomic E-state index is 11.8. The minimum absolute atomic E-state index is 0.0465. The second kappa shape index (κ2) is 15.8. The van der Waals surface area contributed by atoms with Crippen LogP contribution in [-0.4, -0.2) is 59.2 Å². The number of ketones is 2. The van der Waals surface area contributed by atoms with E-state index in [0.29, 0.717) is 23.8 Å². The summed E-state index contributed by atoms with van der Waals surface area (Å²) in [6, 6.07) is 32.3. The van der Waals surface area contributed by atoms with Crippen LogP contribution >= 0.6 is 0 Å². The van der Waals surface area contributed by atoms with E-state index in [4.69, 9.17) is 22.3 Å². The first-order chi connectivity index (χ1) is 21.5. The largest absolute Gasteiger partial charge is 0.394 e. The standard InChI is InChI=1S/C21H25NO.C15H12O2.H2O4S/c1-22-18-12-13-19(22)15-20(14-18)23-21(16-8-4-2-5-9-16)17-10-6-3-7-11-17;1-2-13(11-6-4-3-5-7-11)14-10-12(16)8-9-15(14)17;1-5(2,3)4/h2-11,18-21H,12-15H2,1H3;2-10,13H,1H2;(H2,1,2,3,4). The number of carbonyl (C=O) groups is 2. The normalized spacial score (nSPS) is 21.6. The summed E-state index contributed by atoms with van der Waals surface area (Å²) in [6.45, 7) is 3.74. The number of benzene rings is 3. The SMILES string of the molecule is C=CC(C1=CC(=O)C=CC1=O)c1ccccc1.CN1C2CCC1CC(OC(c1ccccc1)c1ccccc1)C2.O=S(=O)(O)O. The highest BCUT2D eigenvalue weighted by Crippen LogP contribution is 2.38. The van der Waals surface area contributed by atoms with E-state index in [-0.39, 0.29) is 23.6 Å². The fourth-order valence-corrected chi connectivity index (χ4v) is 6.14. The van der Waals surface area contributed by atoms with Gasteiger partial charge in [0.1, 0.15) is 6.10 Å². The topological polar surface area (TPSA) is 121 Å². The highest BCUT2D eigenvalue weighted by Gasteiger charge is 2.39. The van der Waals surface area contributed by atoms with E-state index in [9.17, 15) is 9.59 Å². The van der Waals surface area contributed by atoms with Gasteiger partial charge in [-0.2, -0.15) is 8.42 Å². The summed E-state index contributed by atoms with van der Waals surface area (Å²) in [5, 5.41) is 0. The van der Waals surface area contributed by atoms with Gasteiger partial charge in [-0.1, -0.05) is 97.1 Å². The zero-order valence-electron chi connectivity index (χ0n) is 25.2. The molecule has 45 heavy (non-hydrogen) atoms. The molecule has 3 aromatic carbocycles. The zero-order chi connectivity index (χ0) is 32.4. The number of allylic oxidation sites excluding steroid dienone is 5. The first-order valence-electron chi connectivity index (χ1n) is 14.9. The summed E-state index contributed by atoms with van der Waals surface area (Å²) in [7, 11) is -2.38. The molecule has 9 heteroatoms. The summed E-state index contributed by atoms with van der Waals surface area (Å²) < 4.78 is 38.2. The second-order valence-corrected chi connectivity index (χ2v) is 12.1. The average Bonchev–Trinajstić information content (AvgIpc) is 3.22. The van der Waals surface area contributed by atoms with Crippen molar-refractivity contribution in [3.8, 4) is 0 Å². The Bertz CT molecular complexity index is 1540. The van der Waals surface area contributed by atoms with Crippen molar-refractivity contribution in [3.63, 3.8) is 0 Å². The Kier molecular flexibility index (Phi) is 11.9. The molecule has 2 bridgehead atoms. The van der Waals surface area contributed by atoms with Gasteiger partial charge in [0, 0.05) is 23.6 Å². The Morgan fingerprint density at radius 1 is 0.800 bits per heavy atom. The molecule has 1 aliphatic carbocycles. The van der Waals surface area contributed by atoms with Crippen LogP contribution in [0, 0.1) is 0 Å². The van der Waals surface area contributed by atoms with Gasteiger partial charge in [-0.25, -0.2) is 0 Å². The van der Waals surface area contributed by atoms with Gasteiger partial charge < -0.3 is 9.64 Å². The molecule has 8 nitrogen and oxygen atoms in total.